The summed E-state index contributed by atoms with van der Waals surface area (Å²) in [7, 11) is -5.93. The van der Waals surface area contributed by atoms with E-state index in [0.29, 0.717) is 6.42 Å². The number of carbonyl (C=O) groups excluding carboxylic acids is 2. The third-order valence-corrected chi connectivity index (χ3v) is 5.39. The molecule has 3 aliphatic rings. The summed E-state index contributed by atoms with van der Waals surface area (Å²) in [5, 5.41) is 0. The number of alkyl halides is 3. The quantitative estimate of drug-likeness (QED) is 0.526. The Balaban J connectivity index is 2.05. The first-order valence-corrected chi connectivity index (χ1v) is 6.98. The highest BCUT2D eigenvalue weighted by atomic mass is 32.2. The first-order chi connectivity index (χ1) is 8.66. The molecule has 2 bridgehead atoms. The summed E-state index contributed by atoms with van der Waals surface area (Å²) < 4.78 is 59.4. The Morgan fingerprint density at radius 3 is 1.84 bits per heavy atom. The van der Waals surface area contributed by atoms with Gasteiger partial charge in [-0.15, -0.1) is 0 Å². The maximum atomic E-state index is 12.5. The third kappa shape index (κ3) is 1.39. The van der Waals surface area contributed by atoms with Crippen molar-refractivity contribution in [3.8, 4) is 0 Å². The molecule has 0 N–H and O–H groups in total. The van der Waals surface area contributed by atoms with E-state index in [2.05, 4.69) is 0 Å². The lowest BCUT2D eigenvalue weighted by atomic mass is 9.85. The molecule has 0 radical (unpaired) electrons. The number of carbonyl (C=O) groups is 2. The van der Waals surface area contributed by atoms with Gasteiger partial charge in [-0.05, 0) is 18.3 Å². The molecular weight excluding hydrogens is 287 g/mol. The topological polar surface area (TPSA) is 71.5 Å². The number of imide groups is 1. The summed E-state index contributed by atoms with van der Waals surface area (Å²) in [6.45, 7) is 0. The lowest BCUT2D eigenvalue weighted by Crippen LogP contribution is -2.45. The van der Waals surface area contributed by atoms with Gasteiger partial charge in [0, 0.05) is 0 Å². The Kier molecular flexibility index (Phi) is 2.25. The predicted octanol–water partition coefficient (Wildman–Crippen LogP) is 0.643. The van der Waals surface area contributed by atoms with Crippen LogP contribution >= 0.6 is 0 Å². The first kappa shape index (κ1) is 12.6. The van der Waals surface area contributed by atoms with Gasteiger partial charge in [0.1, 0.15) is 0 Å². The van der Waals surface area contributed by atoms with Crippen LogP contribution in [0.3, 0.4) is 0 Å². The average molecular weight is 295 g/mol. The molecule has 2 aliphatic carbocycles. The van der Waals surface area contributed by atoms with E-state index >= 15 is 0 Å². The van der Waals surface area contributed by atoms with Crippen LogP contribution in [0.15, 0.2) is 12.2 Å². The smallest absolute Gasteiger partial charge is 0.273 e. The third-order valence-electron chi connectivity index (χ3n) is 3.96. The maximum absolute atomic E-state index is 12.5. The zero-order chi connectivity index (χ0) is 14.2. The molecule has 5 nitrogen and oxygen atoms in total. The lowest BCUT2D eigenvalue weighted by Gasteiger charge is -2.18. The molecule has 1 aliphatic heterocycles. The van der Waals surface area contributed by atoms with E-state index in [1.54, 1.807) is 12.2 Å². The molecule has 1 saturated carbocycles. The van der Waals surface area contributed by atoms with Crippen LogP contribution in [0.4, 0.5) is 13.2 Å². The normalized spacial score (nSPS) is 37.3. The summed E-state index contributed by atoms with van der Waals surface area (Å²) in [5.41, 5.74) is -5.65. The Hall–Kier alpha value is -1.38. The minimum Gasteiger partial charge on any atom is -0.273 e. The van der Waals surface area contributed by atoms with Gasteiger partial charge in [0.2, 0.25) is 11.8 Å². The molecule has 0 spiro atoms. The van der Waals surface area contributed by atoms with Gasteiger partial charge in [-0.25, -0.2) is 0 Å². The van der Waals surface area contributed by atoms with Gasteiger partial charge >= 0.3 is 15.5 Å². The maximum Gasteiger partial charge on any atom is 0.517 e. The van der Waals surface area contributed by atoms with E-state index in [1.807, 2.05) is 0 Å². The van der Waals surface area contributed by atoms with Crippen LogP contribution < -0.4 is 0 Å². The molecule has 4 unspecified atom stereocenters. The van der Waals surface area contributed by atoms with Crippen molar-refractivity contribution in [2.45, 2.75) is 11.9 Å². The Morgan fingerprint density at radius 1 is 1.05 bits per heavy atom. The number of amides is 2. The van der Waals surface area contributed by atoms with E-state index in [4.69, 9.17) is 0 Å². The van der Waals surface area contributed by atoms with Crippen molar-refractivity contribution in [1.82, 2.24) is 4.31 Å². The van der Waals surface area contributed by atoms with Crippen molar-refractivity contribution in [2.24, 2.45) is 23.7 Å². The predicted molar refractivity (Wildman–Crippen MR) is 54.5 cm³/mol. The highest BCUT2D eigenvalue weighted by Crippen LogP contribution is 2.53. The summed E-state index contributed by atoms with van der Waals surface area (Å²) in [6.07, 6.45) is 3.86. The van der Waals surface area contributed by atoms with E-state index in [0.717, 1.165) is 0 Å². The summed E-state index contributed by atoms with van der Waals surface area (Å²) >= 11 is 0. The lowest BCUT2D eigenvalue weighted by molar-refractivity contribution is -0.136. The molecule has 3 rings (SSSR count). The van der Waals surface area contributed by atoms with Crippen molar-refractivity contribution in [3.05, 3.63) is 12.2 Å². The Bertz CT molecular complexity index is 579. The fourth-order valence-corrected chi connectivity index (χ4v) is 4.14. The second-order valence-electron chi connectivity index (χ2n) is 4.89. The van der Waals surface area contributed by atoms with Gasteiger partial charge in [-0.3, -0.25) is 9.59 Å². The largest absolute Gasteiger partial charge is 0.517 e. The van der Waals surface area contributed by atoms with Crippen LogP contribution in [0.25, 0.3) is 0 Å². The number of hydrogen-bond donors (Lipinski definition) is 0. The second-order valence-corrected chi connectivity index (χ2v) is 6.67. The van der Waals surface area contributed by atoms with Crippen molar-refractivity contribution >= 4 is 21.8 Å². The highest BCUT2D eigenvalue weighted by molar-refractivity contribution is 7.91. The molecule has 19 heavy (non-hydrogen) atoms. The van der Waals surface area contributed by atoms with Crippen LogP contribution in [-0.4, -0.2) is 30.0 Å². The second kappa shape index (κ2) is 3.38. The summed E-state index contributed by atoms with van der Waals surface area (Å²) in [6, 6.07) is 0. The fraction of sp³-hybridized carbons (Fsp3) is 0.600. The Labute approximate surface area is 106 Å². The highest BCUT2D eigenvalue weighted by Gasteiger charge is 2.66. The van der Waals surface area contributed by atoms with Crippen LogP contribution in [0.5, 0.6) is 0 Å². The minimum absolute atomic E-state index is 0.333. The van der Waals surface area contributed by atoms with Crippen molar-refractivity contribution in [1.29, 1.82) is 0 Å². The van der Waals surface area contributed by atoms with Crippen LogP contribution in [0.1, 0.15) is 6.42 Å². The van der Waals surface area contributed by atoms with Gasteiger partial charge in [0.15, 0.2) is 0 Å². The zero-order valence-electron chi connectivity index (χ0n) is 9.29. The molecule has 1 heterocycles. The zero-order valence-corrected chi connectivity index (χ0v) is 10.1. The monoisotopic (exact) mass is 295 g/mol. The summed E-state index contributed by atoms with van der Waals surface area (Å²) in [4.78, 5) is 23.7. The van der Waals surface area contributed by atoms with Gasteiger partial charge in [-0.1, -0.05) is 12.2 Å². The molecule has 0 aromatic carbocycles. The SMILES string of the molecule is O=C1C2C3C=CC(C3)C2C(=O)N1S(=O)(=O)C(F)(F)F. The number of sulfonamides is 1. The molecular formula is C10H8F3NO4S. The van der Waals surface area contributed by atoms with Gasteiger partial charge < -0.3 is 0 Å². The minimum atomic E-state index is -5.93. The van der Waals surface area contributed by atoms with Crippen LogP contribution in [0.2, 0.25) is 0 Å². The van der Waals surface area contributed by atoms with E-state index in [1.165, 1.54) is 0 Å². The van der Waals surface area contributed by atoms with Crippen LogP contribution in [0, 0.1) is 23.7 Å². The Morgan fingerprint density at radius 2 is 1.47 bits per heavy atom. The van der Waals surface area contributed by atoms with E-state index in [-0.39, 0.29) is 11.8 Å². The summed E-state index contributed by atoms with van der Waals surface area (Å²) in [5.74, 6) is -5.08. The fourth-order valence-electron chi connectivity index (χ4n) is 3.22. The number of allylic oxidation sites excluding steroid dienone is 2. The number of rotatable bonds is 1. The van der Waals surface area contributed by atoms with E-state index < -0.39 is 43.5 Å². The van der Waals surface area contributed by atoms with Crippen LogP contribution in [-0.2, 0) is 19.6 Å². The van der Waals surface area contributed by atoms with E-state index in [9.17, 15) is 31.2 Å². The molecule has 4 atom stereocenters. The number of nitrogens with zero attached hydrogens (tertiary/aromatic N) is 1. The first-order valence-electron chi connectivity index (χ1n) is 5.54. The number of fused-ring (bicyclic) bond motifs is 5. The van der Waals surface area contributed by atoms with Gasteiger partial charge in [-0.2, -0.15) is 25.9 Å². The van der Waals surface area contributed by atoms with Crippen molar-refractivity contribution in [3.63, 3.8) is 0 Å². The molecule has 104 valence electrons. The molecule has 2 fully saturated rings. The molecule has 0 aromatic rings. The number of halogens is 3. The molecule has 0 aromatic heterocycles. The molecule has 9 heteroatoms. The molecule has 2 amide bonds. The number of hydrogen-bond acceptors (Lipinski definition) is 4. The average Bonchev–Trinajstić information content (AvgIpc) is 2.90. The van der Waals surface area contributed by atoms with Crippen molar-refractivity contribution < 1.29 is 31.2 Å². The van der Waals surface area contributed by atoms with Crippen molar-refractivity contribution in [2.75, 3.05) is 0 Å². The molecule has 1 saturated heterocycles. The standard InChI is InChI=1S/C10H8F3NO4S/c11-10(12,13)19(17,18)14-8(15)6-4-1-2-5(3-4)7(6)9(14)16/h1-2,4-7H,3H2. The van der Waals surface area contributed by atoms with Gasteiger partial charge in [0.05, 0.1) is 11.8 Å². The van der Waals surface area contributed by atoms with Gasteiger partial charge in [0.25, 0.3) is 0 Å².